The van der Waals surface area contributed by atoms with E-state index in [4.69, 9.17) is 4.74 Å². The van der Waals surface area contributed by atoms with Gasteiger partial charge in [0.2, 0.25) is 0 Å². The molecule has 0 amide bonds. The van der Waals surface area contributed by atoms with Crippen molar-refractivity contribution in [2.75, 3.05) is 32.8 Å². The summed E-state index contributed by atoms with van der Waals surface area (Å²) in [5, 5.41) is 4.12. The summed E-state index contributed by atoms with van der Waals surface area (Å²) in [6, 6.07) is -0.347. The second kappa shape index (κ2) is 6.78. The highest BCUT2D eigenvalue weighted by atomic mass is 127. The first-order chi connectivity index (χ1) is 8.72. The Morgan fingerprint density at radius 2 is 2.39 bits per heavy atom. The van der Waals surface area contributed by atoms with E-state index in [2.05, 4.69) is 37.8 Å². The predicted octanol–water partition coefficient (Wildman–Crippen LogP) is 1.26. The quantitative estimate of drug-likeness (QED) is 0.629. The minimum absolute atomic E-state index is 0.190. The molecule has 1 aromatic rings. The Kier molecular flexibility index (Phi) is 5.34. The molecule has 1 aromatic heterocycles. The first kappa shape index (κ1) is 14.2. The van der Waals surface area contributed by atoms with Crippen LogP contribution in [0.1, 0.15) is 18.0 Å². The minimum atomic E-state index is -0.347. The molecule has 1 unspecified atom stereocenters. The number of hydrogen-bond donors (Lipinski definition) is 1. The molecule has 0 bridgehead atoms. The summed E-state index contributed by atoms with van der Waals surface area (Å²) in [5.41, 5.74) is 0. The van der Waals surface area contributed by atoms with Gasteiger partial charge in [0.15, 0.2) is 6.04 Å². The van der Waals surface area contributed by atoms with Gasteiger partial charge in [-0.1, -0.05) is 0 Å². The van der Waals surface area contributed by atoms with E-state index in [1.54, 1.807) is 17.5 Å². The van der Waals surface area contributed by atoms with Crippen LogP contribution in [0, 0.1) is 2.88 Å². The standard InChI is InChI=1S/C11H16IN3O2S/c1-2-17-11(16)9(10-14-7-8(12)18-10)15-5-3-13-4-6-15/h7,9,13H,2-6H2,1H3. The first-order valence-electron chi connectivity index (χ1n) is 5.95. The molecule has 1 N–H and O–H groups in total. The maximum Gasteiger partial charge on any atom is 0.330 e. The van der Waals surface area contributed by atoms with Gasteiger partial charge in [-0.25, -0.2) is 9.78 Å². The fraction of sp³-hybridized carbons (Fsp3) is 0.636. The smallest absolute Gasteiger partial charge is 0.330 e. The van der Waals surface area contributed by atoms with Crippen molar-refractivity contribution in [3.63, 3.8) is 0 Å². The van der Waals surface area contributed by atoms with Crippen molar-refractivity contribution < 1.29 is 9.53 Å². The number of nitrogens with zero attached hydrogens (tertiary/aromatic N) is 2. The van der Waals surface area contributed by atoms with Crippen LogP contribution >= 0.6 is 33.9 Å². The van der Waals surface area contributed by atoms with Gasteiger partial charge in [0, 0.05) is 26.2 Å². The Balaban J connectivity index is 2.18. The van der Waals surface area contributed by atoms with Crippen molar-refractivity contribution in [2.45, 2.75) is 13.0 Å². The number of esters is 1. The van der Waals surface area contributed by atoms with E-state index in [1.807, 2.05) is 6.92 Å². The Bertz CT molecular complexity index is 407. The molecule has 0 saturated carbocycles. The van der Waals surface area contributed by atoms with E-state index in [0.717, 1.165) is 34.1 Å². The fourth-order valence-electron chi connectivity index (χ4n) is 1.96. The zero-order chi connectivity index (χ0) is 13.0. The van der Waals surface area contributed by atoms with Crippen LogP contribution in [0.15, 0.2) is 6.20 Å². The topological polar surface area (TPSA) is 54.5 Å². The molecular formula is C11H16IN3O2S. The molecule has 1 saturated heterocycles. The van der Waals surface area contributed by atoms with Crippen LogP contribution < -0.4 is 5.32 Å². The average molecular weight is 381 g/mol. The number of rotatable bonds is 4. The number of aromatic nitrogens is 1. The summed E-state index contributed by atoms with van der Waals surface area (Å²) in [5.74, 6) is -0.190. The summed E-state index contributed by atoms with van der Waals surface area (Å²) in [4.78, 5) is 18.6. The summed E-state index contributed by atoms with van der Waals surface area (Å²) in [6.45, 7) is 5.73. The molecular weight excluding hydrogens is 365 g/mol. The van der Waals surface area contributed by atoms with E-state index < -0.39 is 0 Å². The van der Waals surface area contributed by atoms with Gasteiger partial charge in [-0.3, -0.25) is 4.90 Å². The van der Waals surface area contributed by atoms with Crippen molar-refractivity contribution in [1.82, 2.24) is 15.2 Å². The molecule has 18 heavy (non-hydrogen) atoms. The lowest BCUT2D eigenvalue weighted by Crippen LogP contribution is -2.47. The van der Waals surface area contributed by atoms with Crippen molar-refractivity contribution in [1.29, 1.82) is 0 Å². The number of ether oxygens (including phenoxy) is 1. The van der Waals surface area contributed by atoms with Crippen LogP contribution in [0.2, 0.25) is 0 Å². The second-order valence-electron chi connectivity index (χ2n) is 3.94. The third kappa shape index (κ3) is 3.40. The third-order valence-corrected chi connectivity index (χ3v) is 4.53. The first-order valence-corrected chi connectivity index (χ1v) is 7.84. The summed E-state index contributed by atoms with van der Waals surface area (Å²) >= 11 is 3.78. The van der Waals surface area contributed by atoms with E-state index in [9.17, 15) is 4.79 Å². The average Bonchev–Trinajstić information content (AvgIpc) is 2.78. The fourth-order valence-corrected chi connectivity index (χ4v) is 3.54. The van der Waals surface area contributed by atoms with Gasteiger partial charge < -0.3 is 10.1 Å². The van der Waals surface area contributed by atoms with Crippen LogP contribution in [0.25, 0.3) is 0 Å². The van der Waals surface area contributed by atoms with Crippen LogP contribution in [0.4, 0.5) is 0 Å². The number of nitrogens with one attached hydrogen (secondary N) is 1. The molecule has 7 heteroatoms. The largest absolute Gasteiger partial charge is 0.464 e. The molecule has 0 spiro atoms. The minimum Gasteiger partial charge on any atom is -0.464 e. The Hall–Kier alpha value is -0.250. The molecule has 1 fully saturated rings. The van der Waals surface area contributed by atoms with Gasteiger partial charge in [0.1, 0.15) is 5.01 Å². The molecule has 1 atom stereocenters. The molecule has 1 aliphatic rings. The van der Waals surface area contributed by atoms with Crippen molar-refractivity contribution in [3.8, 4) is 0 Å². The van der Waals surface area contributed by atoms with Gasteiger partial charge in [-0.05, 0) is 29.5 Å². The lowest BCUT2D eigenvalue weighted by atomic mass is 10.2. The number of carbonyl (C=O) groups excluding carboxylic acids is 1. The van der Waals surface area contributed by atoms with Crippen LogP contribution in [0.3, 0.4) is 0 Å². The highest BCUT2D eigenvalue weighted by Crippen LogP contribution is 2.27. The Morgan fingerprint density at radius 3 is 2.94 bits per heavy atom. The van der Waals surface area contributed by atoms with E-state index >= 15 is 0 Å². The highest BCUT2D eigenvalue weighted by molar-refractivity contribution is 14.1. The Labute approximate surface area is 124 Å². The number of thiazole rings is 1. The number of halogens is 1. The van der Waals surface area contributed by atoms with E-state index in [1.165, 1.54) is 0 Å². The van der Waals surface area contributed by atoms with Gasteiger partial charge in [0.25, 0.3) is 0 Å². The molecule has 2 rings (SSSR count). The molecule has 0 radical (unpaired) electrons. The highest BCUT2D eigenvalue weighted by Gasteiger charge is 2.32. The van der Waals surface area contributed by atoms with E-state index in [-0.39, 0.29) is 12.0 Å². The maximum absolute atomic E-state index is 12.1. The third-order valence-electron chi connectivity index (χ3n) is 2.76. The Morgan fingerprint density at radius 1 is 1.67 bits per heavy atom. The van der Waals surface area contributed by atoms with Crippen molar-refractivity contribution >= 4 is 39.9 Å². The summed E-state index contributed by atoms with van der Waals surface area (Å²) in [6.07, 6.45) is 1.80. The van der Waals surface area contributed by atoms with E-state index in [0.29, 0.717) is 6.61 Å². The van der Waals surface area contributed by atoms with Crippen molar-refractivity contribution in [2.24, 2.45) is 0 Å². The predicted molar refractivity (Wildman–Crippen MR) is 78.6 cm³/mol. The molecule has 0 aromatic carbocycles. The monoisotopic (exact) mass is 381 g/mol. The van der Waals surface area contributed by atoms with Crippen LogP contribution in [0.5, 0.6) is 0 Å². The zero-order valence-corrected chi connectivity index (χ0v) is 13.2. The van der Waals surface area contributed by atoms with Gasteiger partial charge in [-0.2, -0.15) is 0 Å². The SMILES string of the molecule is CCOC(=O)C(c1ncc(I)s1)N1CCNCC1. The van der Waals surface area contributed by atoms with Crippen LogP contribution in [-0.4, -0.2) is 48.6 Å². The van der Waals surface area contributed by atoms with Gasteiger partial charge >= 0.3 is 5.97 Å². The molecule has 5 nitrogen and oxygen atoms in total. The lowest BCUT2D eigenvalue weighted by Gasteiger charge is -2.32. The van der Waals surface area contributed by atoms with Crippen molar-refractivity contribution in [3.05, 3.63) is 14.1 Å². The number of carbonyl (C=O) groups is 1. The summed E-state index contributed by atoms with van der Waals surface area (Å²) in [7, 11) is 0. The second-order valence-corrected chi connectivity index (χ2v) is 6.90. The number of hydrogen-bond acceptors (Lipinski definition) is 6. The molecule has 1 aliphatic heterocycles. The maximum atomic E-state index is 12.1. The lowest BCUT2D eigenvalue weighted by molar-refractivity contribution is -0.150. The normalized spacial score (nSPS) is 18.6. The number of piperazine rings is 1. The molecule has 100 valence electrons. The molecule has 0 aliphatic carbocycles. The molecule has 2 heterocycles. The summed E-state index contributed by atoms with van der Waals surface area (Å²) < 4.78 is 6.27. The van der Waals surface area contributed by atoms with Crippen LogP contribution in [-0.2, 0) is 9.53 Å². The zero-order valence-electron chi connectivity index (χ0n) is 10.2. The van der Waals surface area contributed by atoms with Gasteiger partial charge in [0.05, 0.1) is 15.7 Å². The van der Waals surface area contributed by atoms with Gasteiger partial charge in [-0.15, -0.1) is 11.3 Å².